The fourth-order valence-electron chi connectivity index (χ4n) is 2.85. The molecule has 0 radical (unpaired) electrons. The number of nitrogens with zero attached hydrogens (tertiary/aromatic N) is 4. The second-order valence-electron chi connectivity index (χ2n) is 6.69. The largest absolute Gasteiger partial charge is 0.421 e. The number of amides is 1. The van der Waals surface area contributed by atoms with Crippen molar-refractivity contribution in [3.8, 4) is 11.5 Å². The van der Waals surface area contributed by atoms with Gasteiger partial charge >= 0.3 is 0 Å². The van der Waals surface area contributed by atoms with E-state index >= 15 is 0 Å². The molecule has 0 bridgehead atoms. The fourth-order valence-corrected chi connectivity index (χ4v) is 3.87. The number of aromatic nitrogens is 3. The number of para-hydroxylation sites is 1. The molecule has 0 unspecified atom stereocenters. The molecule has 0 aliphatic rings. The van der Waals surface area contributed by atoms with E-state index in [1.165, 1.54) is 5.56 Å². The third-order valence-electron chi connectivity index (χ3n) is 4.45. The Morgan fingerprint density at radius 1 is 1.11 bits per heavy atom. The molecule has 0 atom stereocenters. The molecule has 0 aliphatic carbocycles. The van der Waals surface area contributed by atoms with E-state index in [4.69, 9.17) is 4.42 Å². The van der Waals surface area contributed by atoms with Gasteiger partial charge in [-0.05, 0) is 31.2 Å². The van der Waals surface area contributed by atoms with Crippen LogP contribution < -0.4 is 0 Å². The molecule has 4 aromatic rings. The van der Waals surface area contributed by atoms with Crippen molar-refractivity contribution in [3.63, 3.8) is 0 Å². The van der Waals surface area contributed by atoms with Crippen LogP contribution in [-0.2, 0) is 17.8 Å². The summed E-state index contributed by atoms with van der Waals surface area (Å²) >= 11 is 1.61. The Balaban J connectivity index is 1.34. The maximum atomic E-state index is 12.5. The molecule has 0 saturated heterocycles. The van der Waals surface area contributed by atoms with Crippen LogP contribution >= 0.6 is 11.3 Å². The highest BCUT2D eigenvalue weighted by Crippen LogP contribution is 2.23. The average molecular weight is 392 g/mol. The van der Waals surface area contributed by atoms with Gasteiger partial charge < -0.3 is 9.32 Å². The number of hydrogen-bond donors (Lipinski definition) is 0. The lowest BCUT2D eigenvalue weighted by molar-refractivity contribution is -0.130. The van der Waals surface area contributed by atoms with Gasteiger partial charge in [-0.3, -0.25) is 4.79 Å². The highest BCUT2D eigenvalue weighted by molar-refractivity contribution is 7.18. The summed E-state index contributed by atoms with van der Waals surface area (Å²) in [6, 6.07) is 15.9. The van der Waals surface area contributed by atoms with Gasteiger partial charge in [0.05, 0.1) is 16.8 Å². The average Bonchev–Trinajstić information content (AvgIpc) is 3.33. The van der Waals surface area contributed by atoms with E-state index in [2.05, 4.69) is 15.2 Å². The minimum absolute atomic E-state index is 0.0225. The van der Waals surface area contributed by atoms with Crippen LogP contribution in [0.5, 0.6) is 0 Å². The maximum absolute atomic E-state index is 12.5. The molecule has 4 rings (SSSR count). The van der Waals surface area contributed by atoms with Crippen LogP contribution in [0.1, 0.15) is 22.9 Å². The number of aryl methyl sites for hydroxylation is 2. The van der Waals surface area contributed by atoms with Gasteiger partial charge in [-0.1, -0.05) is 29.8 Å². The third kappa shape index (κ3) is 4.09. The van der Waals surface area contributed by atoms with Gasteiger partial charge in [0.2, 0.25) is 17.7 Å². The van der Waals surface area contributed by atoms with Crippen LogP contribution in [0.25, 0.3) is 21.7 Å². The van der Waals surface area contributed by atoms with Crippen molar-refractivity contribution in [1.29, 1.82) is 0 Å². The Morgan fingerprint density at radius 3 is 2.68 bits per heavy atom. The third-order valence-corrected chi connectivity index (χ3v) is 5.48. The van der Waals surface area contributed by atoms with Crippen LogP contribution in [0.4, 0.5) is 0 Å². The summed E-state index contributed by atoms with van der Waals surface area (Å²) in [5.41, 5.74) is 3.02. The first-order valence-electron chi connectivity index (χ1n) is 9.06. The van der Waals surface area contributed by atoms with E-state index in [9.17, 15) is 4.79 Å². The first-order valence-corrected chi connectivity index (χ1v) is 9.88. The summed E-state index contributed by atoms with van der Waals surface area (Å²) in [7, 11) is 1.79. The van der Waals surface area contributed by atoms with E-state index in [1.54, 1.807) is 23.3 Å². The fraction of sp³-hybridized carbons (Fsp3) is 0.238. The number of carbonyl (C=O) groups excluding carboxylic acids is 1. The summed E-state index contributed by atoms with van der Waals surface area (Å²) in [4.78, 5) is 18.7. The zero-order valence-corrected chi connectivity index (χ0v) is 16.6. The minimum atomic E-state index is 0.0225. The highest BCUT2D eigenvalue weighted by atomic mass is 32.1. The van der Waals surface area contributed by atoms with Crippen LogP contribution in [0, 0.1) is 6.92 Å². The molecular weight excluding hydrogens is 372 g/mol. The monoisotopic (exact) mass is 392 g/mol. The van der Waals surface area contributed by atoms with Gasteiger partial charge in [-0.25, -0.2) is 4.98 Å². The first kappa shape index (κ1) is 18.3. The van der Waals surface area contributed by atoms with Crippen LogP contribution in [0.2, 0.25) is 0 Å². The molecule has 7 heteroatoms. The van der Waals surface area contributed by atoms with Gasteiger partial charge in [-0.15, -0.1) is 21.5 Å². The molecule has 1 amide bonds. The van der Waals surface area contributed by atoms with Gasteiger partial charge in [0.1, 0.15) is 5.01 Å². The van der Waals surface area contributed by atoms with E-state index in [1.807, 2.05) is 55.5 Å². The van der Waals surface area contributed by atoms with E-state index in [0.717, 1.165) is 20.8 Å². The van der Waals surface area contributed by atoms with Gasteiger partial charge in [0.25, 0.3) is 0 Å². The Labute approximate surface area is 166 Å². The van der Waals surface area contributed by atoms with E-state index in [-0.39, 0.29) is 5.91 Å². The summed E-state index contributed by atoms with van der Waals surface area (Å²) < 4.78 is 6.83. The van der Waals surface area contributed by atoms with Crippen molar-refractivity contribution >= 4 is 27.5 Å². The zero-order chi connectivity index (χ0) is 19.5. The van der Waals surface area contributed by atoms with Gasteiger partial charge in [-0.2, -0.15) is 0 Å². The maximum Gasteiger partial charge on any atom is 0.247 e. The Bertz CT molecular complexity index is 1070. The van der Waals surface area contributed by atoms with Crippen molar-refractivity contribution in [1.82, 2.24) is 20.1 Å². The van der Waals surface area contributed by atoms with Crippen molar-refractivity contribution < 1.29 is 9.21 Å². The quantitative estimate of drug-likeness (QED) is 0.491. The van der Waals surface area contributed by atoms with E-state index in [0.29, 0.717) is 31.2 Å². The number of benzene rings is 2. The van der Waals surface area contributed by atoms with Crippen molar-refractivity contribution in [2.75, 3.05) is 7.05 Å². The molecule has 0 fully saturated rings. The number of carbonyl (C=O) groups is 1. The predicted molar refractivity (Wildman–Crippen MR) is 109 cm³/mol. The zero-order valence-electron chi connectivity index (χ0n) is 15.8. The molecule has 0 aliphatic heterocycles. The lowest BCUT2D eigenvalue weighted by Gasteiger charge is -2.14. The summed E-state index contributed by atoms with van der Waals surface area (Å²) in [5.74, 6) is 0.969. The second-order valence-corrected chi connectivity index (χ2v) is 7.81. The summed E-state index contributed by atoms with van der Waals surface area (Å²) in [6.45, 7) is 2.52. The van der Waals surface area contributed by atoms with Gasteiger partial charge in [0, 0.05) is 25.5 Å². The normalized spacial score (nSPS) is 11.1. The number of hydrogen-bond acceptors (Lipinski definition) is 6. The first-order chi connectivity index (χ1) is 13.6. The molecular formula is C21H20N4O2S. The Morgan fingerprint density at radius 2 is 1.89 bits per heavy atom. The second kappa shape index (κ2) is 7.90. The van der Waals surface area contributed by atoms with E-state index < -0.39 is 0 Å². The van der Waals surface area contributed by atoms with Crippen molar-refractivity contribution in [3.05, 3.63) is 65.0 Å². The molecule has 28 heavy (non-hydrogen) atoms. The molecule has 6 nitrogen and oxygen atoms in total. The Kier molecular flexibility index (Phi) is 5.16. The molecule has 0 spiro atoms. The number of rotatable bonds is 6. The highest BCUT2D eigenvalue weighted by Gasteiger charge is 2.15. The van der Waals surface area contributed by atoms with Gasteiger partial charge in [0.15, 0.2) is 0 Å². The van der Waals surface area contributed by atoms with Crippen LogP contribution in [0.15, 0.2) is 52.9 Å². The molecule has 2 aromatic heterocycles. The standard InChI is InChI=1S/C21H20N4O2S/c1-14-7-9-15(10-8-14)21-24-23-18(27-21)11-12-20(26)25(2)13-19-22-16-5-3-4-6-17(16)28-19/h3-10H,11-13H2,1-2H3. The molecule has 142 valence electrons. The Hall–Kier alpha value is -3.06. The summed E-state index contributed by atoms with van der Waals surface area (Å²) in [5, 5.41) is 9.07. The lowest BCUT2D eigenvalue weighted by atomic mass is 10.1. The number of thiazole rings is 1. The molecule has 2 heterocycles. The van der Waals surface area contributed by atoms with Crippen molar-refractivity contribution in [2.24, 2.45) is 0 Å². The molecule has 0 N–H and O–H groups in total. The molecule has 0 saturated carbocycles. The lowest BCUT2D eigenvalue weighted by Crippen LogP contribution is -2.26. The topological polar surface area (TPSA) is 72.1 Å². The minimum Gasteiger partial charge on any atom is -0.421 e. The van der Waals surface area contributed by atoms with Crippen molar-refractivity contribution in [2.45, 2.75) is 26.3 Å². The number of fused-ring (bicyclic) bond motifs is 1. The summed E-state index contributed by atoms with van der Waals surface area (Å²) in [6.07, 6.45) is 0.735. The molecule has 2 aromatic carbocycles. The van der Waals surface area contributed by atoms with Crippen LogP contribution in [-0.4, -0.2) is 33.0 Å². The van der Waals surface area contributed by atoms with Crippen LogP contribution in [0.3, 0.4) is 0 Å². The SMILES string of the molecule is Cc1ccc(-c2nnc(CCC(=O)N(C)Cc3nc4ccccc4s3)o2)cc1. The predicted octanol–water partition coefficient (Wildman–Crippen LogP) is 4.25. The smallest absolute Gasteiger partial charge is 0.247 e.